The van der Waals surface area contributed by atoms with Crippen LogP contribution in [0.25, 0.3) is 0 Å². The predicted molar refractivity (Wildman–Crippen MR) is 100 cm³/mol. The van der Waals surface area contributed by atoms with E-state index in [1.54, 1.807) is 4.90 Å². The number of nitrogens with zero attached hydrogens (tertiary/aromatic N) is 1. The molecular weight excluding hydrogens is 436 g/mol. The Balaban J connectivity index is 1.63. The van der Waals surface area contributed by atoms with Gasteiger partial charge in [-0.2, -0.15) is 0 Å². The molecule has 124 valence electrons. The molecule has 0 aromatic heterocycles. The van der Waals surface area contributed by atoms with Crippen LogP contribution in [0.4, 0.5) is 5.69 Å². The number of hydrogen-bond acceptors (Lipinski definition) is 2. The first-order valence-electron chi connectivity index (χ1n) is 7.60. The van der Waals surface area contributed by atoms with Gasteiger partial charge in [-0.05, 0) is 39.7 Å². The maximum absolute atomic E-state index is 12.5. The van der Waals surface area contributed by atoms with Crippen LogP contribution in [0.1, 0.15) is 12.0 Å². The highest BCUT2D eigenvalue weighted by atomic mass is 79.9. The Bertz CT molecular complexity index is 765. The molecule has 1 N–H and O–H groups in total. The smallest absolute Gasteiger partial charge is 0.229 e. The van der Waals surface area contributed by atoms with Crippen LogP contribution in [-0.2, 0) is 16.1 Å². The Morgan fingerprint density at radius 2 is 1.92 bits per heavy atom. The van der Waals surface area contributed by atoms with Gasteiger partial charge in [0, 0.05) is 28.5 Å². The van der Waals surface area contributed by atoms with E-state index in [1.165, 1.54) is 0 Å². The number of carbonyl (C=O) groups excluding carboxylic acids is 2. The molecule has 0 unspecified atom stereocenters. The molecule has 0 bridgehead atoms. The molecule has 1 aliphatic heterocycles. The number of hydrogen-bond donors (Lipinski definition) is 1. The van der Waals surface area contributed by atoms with Crippen LogP contribution in [0.3, 0.4) is 0 Å². The second-order valence-corrected chi connectivity index (χ2v) is 7.54. The van der Waals surface area contributed by atoms with Gasteiger partial charge < -0.3 is 10.2 Å². The van der Waals surface area contributed by atoms with Gasteiger partial charge in [0.2, 0.25) is 11.8 Å². The van der Waals surface area contributed by atoms with Gasteiger partial charge in [-0.1, -0.05) is 46.3 Å². The summed E-state index contributed by atoms with van der Waals surface area (Å²) in [6.45, 7) is 0.999. The average molecular weight is 452 g/mol. The molecule has 0 spiro atoms. The normalized spacial score (nSPS) is 17.2. The van der Waals surface area contributed by atoms with Crippen molar-refractivity contribution in [2.75, 3.05) is 11.9 Å². The molecule has 2 amide bonds. The Morgan fingerprint density at radius 1 is 1.17 bits per heavy atom. The fourth-order valence-electron chi connectivity index (χ4n) is 2.73. The number of likely N-dealkylation sites (tertiary alicyclic amines) is 1. The minimum atomic E-state index is -0.322. The van der Waals surface area contributed by atoms with Gasteiger partial charge in [0.15, 0.2) is 0 Å². The van der Waals surface area contributed by atoms with Gasteiger partial charge in [0.05, 0.1) is 11.6 Å². The predicted octanol–water partition coefficient (Wildman–Crippen LogP) is 4.20. The second kappa shape index (κ2) is 7.49. The number of nitrogens with one attached hydrogen (secondary N) is 1. The van der Waals surface area contributed by atoms with Crippen LogP contribution in [0.5, 0.6) is 0 Å². The van der Waals surface area contributed by atoms with Crippen molar-refractivity contribution in [2.45, 2.75) is 13.0 Å². The number of amides is 2. The molecule has 0 aliphatic carbocycles. The number of halogens is 2. The first kappa shape index (κ1) is 17.2. The van der Waals surface area contributed by atoms with E-state index in [-0.39, 0.29) is 24.2 Å². The third-order valence-corrected chi connectivity index (χ3v) is 5.14. The lowest BCUT2D eigenvalue weighted by molar-refractivity contribution is -0.128. The molecule has 1 atom stereocenters. The highest BCUT2D eigenvalue weighted by molar-refractivity contribution is 9.11. The zero-order valence-electron chi connectivity index (χ0n) is 12.8. The summed E-state index contributed by atoms with van der Waals surface area (Å²) in [6.07, 6.45) is 0.257. The van der Waals surface area contributed by atoms with Gasteiger partial charge >= 0.3 is 0 Å². The lowest BCUT2D eigenvalue weighted by Gasteiger charge is -2.17. The van der Waals surface area contributed by atoms with Crippen molar-refractivity contribution in [1.29, 1.82) is 0 Å². The summed E-state index contributed by atoms with van der Waals surface area (Å²) < 4.78 is 1.73. The molecule has 0 saturated carbocycles. The molecular formula is C18H16Br2N2O2. The fraction of sp³-hybridized carbons (Fsp3) is 0.222. The molecule has 4 nitrogen and oxygen atoms in total. The largest absolute Gasteiger partial charge is 0.338 e. The van der Waals surface area contributed by atoms with Crippen molar-refractivity contribution in [2.24, 2.45) is 5.92 Å². The molecule has 6 heteroatoms. The van der Waals surface area contributed by atoms with Gasteiger partial charge in [-0.25, -0.2) is 0 Å². The number of benzene rings is 2. The zero-order chi connectivity index (χ0) is 17.1. The quantitative estimate of drug-likeness (QED) is 0.757. The van der Waals surface area contributed by atoms with E-state index in [1.807, 2.05) is 48.5 Å². The minimum absolute atomic E-state index is 0.0221. The minimum Gasteiger partial charge on any atom is -0.338 e. The van der Waals surface area contributed by atoms with Crippen molar-refractivity contribution in [3.8, 4) is 0 Å². The second-order valence-electron chi connectivity index (χ2n) is 5.77. The highest BCUT2D eigenvalue weighted by Gasteiger charge is 2.34. The van der Waals surface area contributed by atoms with Gasteiger partial charge in [0.25, 0.3) is 0 Å². The van der Waals surface area contributed by atoms with E-state index in [0.717, 1.165) is 14.5 Å². The van der Waals surface area contributed by atoms with E-state index in [4.69, 9.17) is 0 Å². The third kappa shape index (κ3) is 4.05. The van der Waals surface area contributed by atoms with Crippen molar-refractivity contribution in [3.05, 3.63) is 63.0 Å². The maximum atomic E-state index is 12.5. The maximum Gasteiger partial charge on any atom is 0.229 e. The van der Waals surface area contributed by atoms with Crippen LogP contribution in [0.15, 0.2) is 57.5 Å². The van der Waals surface area contributed by atoms with Gasteiger partial charge in [-0.15, -0.1) is 0 Å². The topological polar surface area (TPSA) is 49.4 Å². The zero-order valence-corrected chi connectivity index (χ0v) is 16.0. The molecule has 1 aliphatic rings. The number of rotatable bonds is 4. The van der Waals surface area contributed by atoms with Crippen LogP contribution in [0.2, 0.25) is 0 Å². The van der Waals surface area contributed by atoms with Crippen molar-refractivity contribution >= 4 is 49.4 Å². The highest BCUT2D eigenvalue weighted by Crippen LogP contribution is 2.28. The molecule has 1 fully saturated rings. The molecule has 2 aromatic carbocycles. The summed E-state index contributed by atoms with van der Waals surface area (Å²) in [5.74, 6) is -0.424. The standard InChI is InChI=1S/C18H16Br2N2O2/c19-14-6-7-16(15(20)9-14)21-18(24)13-8-17(23)22(11-13)10-12-4-2-1-3-5-12/h1-7,9,13H,8,10-11H2,(H,21,24)/t13-/m0/s1. The first-order valence-corrected chi connectivity index (χ1v) is 9.19. The van der Waals surface area contributed by atoms with Crippen molar-refractivity contribution in [1.82, 2.24) is 4.90 Å². The summed E-state index contributed by atoms with van der Waals surface area (Å²) in [6, 6.07) is 15.4. The molecule has 2 aromatic rings. The van der Waals surface area contributed by atoms with E-state index < -0.39 is 0 Å². The van der Waals surface area contributed by atoms with E-state index in [9.17, 15) is 9.59 Å². The molecule has 24 heavy (non-hydrogen) atoms. The van der Waals surface area contributed by atoms with Crippen LogP contribution < -0.4 is 5.32 Å². The summed E-state index contributed by atoms with van der Waals surface area (Å²) in [4.78, 5) is 26.4. The summed E-state index contributed by atoms with van der Waals surface area (Å²) in [5, 5.41) is 2.90. The molecule has 0 radical (unpaired) electrons. The Morgan fingerprint density at radius 3 is 2.62 bits per heavy atom. The lowest BCUT2D eigenvalue weighted by Crippen LogP contribution is -2.28. The van der Waals surface area contributed by atoms with E-state index in [0.29, 0.717) is 18.8 Å². The fourth-order valence-corrected chi connectivity index (χ4v) is 3.88. The summed E-state index contributed by atoms with van der Waals surface area (Å²) in [5.41, 5.74) is 1.78. The van der Waals surface area contributed by atoms with E-state index in [2.05, 4.69) is 37.2 Å². The van der Waals surface area contributed by atoms with E-state index >= 15 is 0 Å². The third-order valence-electron chi connectivity index (χ3n) is 3.99. The van der Waals surface area contributed by atoms with Crippen LogP contribution in [0, 0.1) is 5.92 Å². The van der Waals surface area contributed by atoms with Crippen LogP contribution >= 0.6 is 31.9 Å². The van der Waals surface area contributed by atoms with Gasteiger partial charge in [-0.3, -0.25) is 9.59 Å². The Kier molecular flexibility index (Phi) is 5.36. The van der Waals surface area contributed by atoms with Crippen molar-refractivity contribution < 1.29 is 9.59 Å². The summed E-state index contributed by atoms with van der Waals surface area (Å²) >= 11 is 6.81. The Hall–Kier alpha value is -1.66. The van der Waals surface area contributed by atoms with Gasteiger partial charge in [0.1, 0.15) is 0 Å². The number of anilines is 1. The monoisotopic (exact) mass is 450 g/mol. The summed E-state index contributed by atoms with van der Waals surface area (Å²) in [7, 11) is 0. The molecule has 1 saturated heterocycles. The average Bonchev–Trinajstić information content (AvgIpc) is 2.92. The molecule has 1 heterocycles. The molecule has 3 rings (SSSR count). The lowest BCUT2D eigenvalue weighted by atomic mass is 10.1. The first-order chi connectivity index (χ1) is 11.5. The van der Waals surface area contributed by atoms with Crippen molar-refractivity contribution in [3.63, 3.8) is 0 Å². The Labute approximate surface area is 157 Å². The van der Waals surface area contributed by atoms with Crippen LogP contribution in [-0.4, -0.2) is 23.3 Å². The SMILES string of the molecule is O=C(Nc1ccc(Br)cc1Br)[C@H]1CC(=O)N(Cc2ccccc2)C1. The number of carbonyl (C=O) groups is 2.